The highest BCUT2D eigenvalue weighted by Gasteiger charge is 2.14. The first kappa shape index (κ1) is 16.8. The molecule has 0 saturated carbocycles. The van der Waals surface area contributed by atoms with Gasteiger partial charge in [-0.25, -0.2) is 18.0 Å². The summed E-state index contributed by atoms with van der Waals surface area (Å²) in [5.41, 5.74) is 0.773. The van der Waals surface area contributed by atoms with Crippen LogP contribution >= 0.6 is 0 Å². The van der Waals surface area contributed by atoms with Gasteiger partial charge in [0, 0.05) is 18.7 Å². The van der Waals surface area contributed by atoms with Gasteiger partial charge in [0.25, 0.3) is 0 Å². The Kier molecular flexibility index (Phi) is 5.59. The Morgan fingerprint density at radius 2 is 1.74 bits per heavy atom. The summed E-state index contributed by atoms with van der Waals surface area (Å²) in [5.74, 6) is -4.15. The largest absolute Gasteiger partial charge is 0.396 e. The summed E-state index contributed by atoms with van der Waals surface area (Å²) in [6.07, 6.45) is 0.406. The van der Waals surface area contributed by atoms with E-state index in [0.717, 1.165) is 12.1 Å². The topological polar surface area (TPSA) is 61.4 Å². The minimum absolute atomic E-state index is 0.0506. The summed E-state index contributed by atoms with van der Waals surface area (Å²) in [5, 5.41) is 13.7. The fourth-order valence-corrected chi connectivity index (χ4v) is 2.00. The Balaban J connectivity index is 2.26. The summed E-state index contributed by atoms with van der Waals surface area (Å²) in [6.45, 7) is 0.231. The number of para-hydroxylation sites is 1. The number of rotatable bonds is 5. The van der Waals surface area contributed by atoms with E-state index in [0.29, 0.717) is 17.7 Å². The number of amides is 2. The fraction of sp³-hybridized carbons (Fsp3) is 0.188. The lowest BCUT2D eigenvalue weighted by Crippen LogP contribution is -2.30. The number of anilines is 1. The van der Waals surface area contributed by atoms with E-state index >= 15 is 0 Å². The number of halogens is 3. The third-order valence-corrected chi connectivity index (χ3v) is 3.09. The van der Waals surface area contributed by atoms with E-state index in [1.165, 1.54) is 0 Å². The van der Waals surface area contributed by atoms with E-state index in [1.54, 1.807) is 24.3 Å². The van der Waals surface area contributed by atoms with Crippen molar-refractivity contribution in [3.05, 3.63) is 53.8 Å². The van der Waals surface area contributed by atoms with Gasteiger partial charge >= 0.3 is 6.03 Å². The number of aliphatic hydroxyl groups is 1. The molecular weight excluding hydrogens is 309 g/mol. The minimum Gasteiger partial charge on any atom is -0.396 e. The highest BCUT2D eigenvalue weighted by atomic mass is 19.2. The van der Waals surface area contributed by atoms with Gasteiger partial charge in [0.15, 0.2) is 17.5 Å². The Bertz CT molecular complexity index is 684. The predicted molar refractivity (Wildman–Crippen MR) is 80.5 cm³/mol. The van der Waals surface area contributed by atoms with E-state index in [4.69, 9.17) is 5.11 Å². The van der Waals surface area contributed by atoms with Crippen molar-refractivity contribution in [1.82, 2.24) is 5.32 Å². The zero-order chi connectivity index (χ0) is 16.8. The summed E-state index contributed by atoms with van der Waals surface area (Å²) in [7, 11) is 0. The second-order valence-electron chi connectivity index (χ2n) is 4.76. The molecule has 4 nitrogen and oxygen atoms in total. The molecule has 2 aromatic carbocycles. The van der Waals surface area contributed by atoms with Gasteiger partial charge in [-0.3, -0.25) is 0 Å². The molecule has 122 valence electrons. The molecule has 0 bridgehead atoms. The lowest BCUT2D eigenvalue weighted by atomic mass is 10.0. The molecule has 23 heavy (non-hydrogen) atoms. The number of carbonyl (C=O) groups excluding carboxylic acids is 1. The maximum Gasteiger partial charge on any atom is 0.319 e. The molecule has 2 amide bonds. The third kappa shape index (κ3) is 4.23. The maximum absolute atomic E-state index is 13.4. The first-order chi connectivity index (χ1) is 11.0. The molecular formula is C16H15F3N2O2. The van der Waals surface area contributed by atoms with Gasteiger partial charge in [-0.2, -0.15) is 0 Å². The molecule has 2 rings (SSSR count). The first-order valence-electron chi connectivity index (χ1n) is 6.92. The van der Waals surface area contributed by atoms with Gasteiger partial charge in [0.05, 0.1) is 5.69 Å². The Labute approximate surface area is 131 Å². The number of urea groups is 1. The molecule has 0 saturated heterocycles. The molecule has 0 spiro atoms. The monoisotopic (exact) mass is 324 g/mol. The van der Waals surface area contributed by atoms with Crippen molar-refractivity contribution in [2.24, 2.45) is 0 Å². The van der Waals surface area contributed by atoms with Crippen LogP contribution in [0.25, 0.3) is 11.1 Å². The van der Waals surface area contributed by atoms with Crippen LogP contribution in [0, 0.1) is 17.5 Å². The summed E-state index contributed by atoms with van der Waals surface area (Å²) in [6, 6.07) is 7.58. The molecule has 0 aromatic heterocycles. The highest BCUT2D eigenvalue weighted by molar-refractivity contribution is 5.94. The van der Waals surface area contributed by atoms with E-state index in [2.05, 4.69) is 10.6 Å². The number of hydrogen-bond acceptors (Lipinski definition) is 2. The average molecular weight is 324 g/mol. The molecule has 0 aliphatic rings. The number of hydrogen-bond donors (Lipinski definition) is 3. The molecule has 7 heteroatoms. The zero-order valence-corrected chi connectivity index (χ0v) is 12.1. The number of aliphatic hydroxyl groups excluding tert-OH is 1. The fourth-order valence-electron chi connectivity index (χ4n) is 2.00. The van der Waals surface area contributed by atoms with Gasteiger partial charge in [-0.05, 0) is 30.2 Å². The van der Waals surface area contributed by atoms with Gasteiger partial charge in [0.1, 0.15) is 0 Å². The maximum atomic E-state index is 13.4. The highest BCUT2D eigenvalue weighted by Crippen LogP contribution is 2.30. The first-order valence-corrected chi connectivity index (χ1v) is 6.92. The van der Waals surface area contributed by atoms with Crippen molar-refractivity contribution >= 4 is 11.7 Å². The zero-order valence-electron chi connectivity index (χ0n) is 12.1. The van der Waals surface area contributed by atoms with Crippen LogP contribution in [0.2, 0.25) is 0 Å². The molecule has 0 fully saturated rings. The lowest BCUT2D eigenvalue weighted by Gasteiger charge is -2.12. The molecule has 0 aliphatic heterocycles. The average Bonchev–Trinajstić information content (AvgIpc) is 2.53. The Morgan fingerprint density at radius 1 is 1.09 bits per heavy atom. The Morgan fingerprint density at radius 3 is 2.39 bits per heavy atom. The predicted octanol–water partition coefficient (Wildman–Crippen LogP) is 3.27. The third-order valence-electron chi connectivity index (χ3n) is 3.09. The lowest BCUT2D eigenvalue weighted by molar-refractivity contribution is 0.249. The smallest absolute Gasteiger partial charge is 0.319 e. The van der Waals surface area contributed by atoms with E-state index < -0.39 is 23.5 Å². The standard InChI is InChI=1S/C16H15F3N2O2/c17-12-8-10(9-13(18)15(12)19)11-4-1-2-5-14(11)21-16(23)20-6-3-7-22/h1-2,4-5,8-9,22H,3,6-7H2,(H2,20,21,23). The second kappa shape index (κ2) is 7.64. The summed E-state index contributed by atoms with van der Waals surface area (Å²) < 4.78 is 39.8. The molecule has 0 atom stereocenters. The van der Waals surface area contributed by atoms with E-state index in [-0.39, 0.29) is 18.7 Å². The SMILES string of the molecule is O=C(NCCCO)Nc1ccccc1-c1cc(F)c(F)c(F)c1. The molecule has 3 N–H and O–H groups in total. The van der Waals surface area contributed by atoms with Crippen molar-refractivity contribution in [1.29, 1.82) is 0 Å². The van der Waals surface area contributed by atoms with Gasteiger partial charge in [-0.15, -0.1) is 0 Å². The van der Waals surface area contributed by atoms with Crippen LogP contribution in [0.5, 0.6) is 0 Å². The minimum atomic E-state index is -1.54. The van der Waals surface area contributed by atoms with Gasteiger partial charge in [0.2, 0.25) is 0 Å². The molecule has 0 aliphatic carbocycles. The van der Waals surface area contributed by atoms with Crippen LogP contribution < -0.4 is 10.6 Å². The van der Waals surface area contributed by atoms with Crippen molar-refractivity contribution in [2.75, 3.05) is 18.5 Å². The normalized spacial score (nSPS) is 10.4. The van der Waals surface area contributed by atoms with Crippen LogP contribution in [0.3, 0.4) is 0 Å². The van der Waals surface area contributed by atoms with Crippen LogP contribution in [0.1, 0.15) is 6.42 Å². The summed E-state index contributed by atoms with van der Waals surface area (Å²) in [4.78, 5) is 11.7. The second-order valence-corrected chi connectivity index (χ2v) is 4.76. The summed E-state index contributed by atoms with van der Waals surface area (Å²) >= 11 is 0. The van der Waals surface area contributed by atoms with Crippen molar-refractivity contribution in [3.63, 3.8) is 0 Å². The van der Waals surface area contributed by atoms with Crippen molar-refractivity contribution in [3.8, 4) is 11.1 Å². The van der Waals surface area contributed by atoms with Crippen LogP contribution in [-0.2, 0) is 0 Å². The van der Waals surface area contributed by atoms with Gasteiger partial charge in [-0.1, -0.05) is 18.2 Å². The van der Waals surface area contributed by atoms with Crippen LogP contribution in [0.15, 0.2) is 36.4 Å². The molecule has 2 aromatic rings. The van der Waals surface area contributed by atoms with Crippen molar-refractivity contribution in [2.45, 2.75) is 6.42 Å². The number of carbonyl (C=O) groups is 1. The number of benzene rings is 2. The molecule has 0 radical (unpaired) electrons. The van der Waals surface area contributed by atoms with E-state index in [1.807, 2.05) is 0 Å². The van der Waals surface area contributed by atoms with Crippen LogP contribution in [0.4, 0.5) is 23.7 Å². The molecule has 0 heterocycles. The quantitative estimate of drug-likeness (QED) is 0.584. The Hall–Kier alpha value is -2.54. The van der Waals surface area contributed by atoms with Crippen LogP contribution in [-0.4, -0.2) is 24.3 Å². The molecule has 0 unspecified atom stereocenters. The van der Waals surface area contributed by atoms with Crippen molar-refractivity contribution < 1.29 is 23.1 Å². The van der Waals surface area contributed by atoms with Gasteiger partial charge < -0.3 is 15.7 Å². The van der Waals surface area contributed by atoms with E-state index in [9.17, 15) is 18.0 Å². The number of nitrogens with one attached hydrogen (secondary N) is 2.